The number of hydrogen-bond donors (Lipinski definition) is 1. The van der Waals surface area contributed by atoms with E-state index in [2.05, 4.69) is 17.4 Å². The van der Waals surface area contributed by atoms with Gasteiger partial charge in [-0.15, -0.1) is 0 Å². The smallest absolute Gasteiger partial charge is 0.158 e. The maximum atomic E-state index is 12.7. The minimum absolute atomic E-state index is 0.286. The van der Waals surface area contributed by atoms with Gasteiger partial charge in [-0.25, -0.2) is 0 Å². The van der Waals surface area contributed by atoms with Crippen LogP contribution in [-0.4, -0.2) is 17.9 Å². The molecule has 1 aliphatic heterocycles. The van der Waals surface area contributed by atoms with Gasteiger partial charge >= 0.3 is 0 Å². The van der Waals surface area contributed by atoms with Gasteiger partial charge in [0, 0.05) is 5.41 Å². The zero-order valence-electron chi connectivity index (χ0n) is 11.6. The molecule has 1 N–H and O–H groups in total. The lowest BCUT2D eigenvalue weighted by Crippen LogP contribution is -2.54. The molecule has 0 amide bonds. The van der Waals surface area contributed by atoms with E-state index in [0.717, 1.165) is 25.8 Å². The Balaban J connectivity index is 2.25. The molecule has 0 aromatic heterocycles. The van der Waals surface area contributed by atoms with Gasteiger partial charge in [0.2, 0.25) is 0 Å². The van der Waals surface area contributed by atoms with Crippen LogP contribution in [0.2, 0.25) is 0 Å². The number of nitrogens with one attached hydrogen (secondary N) is 1. The fourth-order valence-corrected chi connectivity index (χ4v) is 2.89. The zero-order chi connectivity index (χ0) is 13.2. The highest BCUT2D eigenvalue weighted by Crippen LogP contribution is 2.32. The highest BCUT2D eigenvalue weighted by atomic mass is 16.1. The first kappa shape index (κ1) is 13.3. The maximum Gasteiger partial charge on any atom is 0.158 e. The molecular weight excluding hydrogens is 222 g/mol. The molecule has 2 heteroatoms. The predicted octanol–water partition coefficient (Wildman–Crippen LogP) is 2.97. The van der Waals surface area contributed by atoms with E-state index in [1.165, 1.54) is 5.56 Å². The first-order valence-electron chi connectivity index (χ1n) is 6.78. The van der Waals surface area contributed by atoms with Crippen molar-refractivity contribution in [3.8, 4) is 0 Å². The molecule has 1 atom stereocenters. The molecule has 1 fully saturated rings. The van der Waals surface area contributed by atoms with E-state index in [1.807, 2.05) is 39.0 Å². The van der Waals surface area contributed by atoms with E-state index in [-0.39, 0.29) is 11.0 Å². The normalized spacial score (nSPS) is 24.2. The second kappa shape index (κ2) is 4.85. The summed E-state index contributed by atoms with van der Waals surface area (Å²) in [4.78, 5) is 12.7. The standard InChI is InChI=1S/C16H23NO/c1-15(2,3)14(18)16(10-7-11-17-16)12-13-8-5-4-6-9-13/h4-6,8-9,17H,7,10-12H2,1-3H3. The third-order valence-electron chi connectivity index (χ3n) is 3.71. The maximum absolute atomic E-state index is 12.7. The van der Waals surface area contributed by atoms with Crippen LogP contribution in [0.4, 0.5) is 0 Å². The monoisotopic (exact) mass is 245 g/mol. The number of carbonyl (C=O) groups is 1. The number of rotatable bonds is 3. The number of ketones is 1. The summed E-state index contributed by atoms with van der Waals surface area (Å²) in [6.07, 6.45) is 2.86. The SMILES string of the molecule is CC(C)(C)C(=O)C1(Cc2ccccc2)CCCN1. The third kappa shape index (κ3) is 2.64. The molecular formula is C16H23NO. The second-order valence-electron chi connectivity index (χ2n) is 6.35. The van der Waals surface area contributed by atoms with E-state index in [1.54, 1.807) is 0 Å². The van der Waals surface area contributed by atoms with Crippen molar-refractivity contribution in [2.75, 3.05) is 6.54 Å². The van der Waals surface area contributed by atoms with E-state index >= 15 is 0 Å². The van der Waals surface area contributed by atoms with Crippen molar-refractivity contribution in [1.82, 2.24) is 5.32 Å². The molecule has 2 rings (SSSR count). The number of benzene rings is 1. The third-order valence-corrected chi connectivity index (χ3v) is 3.71. The van der Waals surface area contributed by atoms with Crippen molar-refractivity contribution in [3.63, 3.8) is 0 Å². The molecule has 2 nitrogen and oxygen atoms in total. The molecule has 0 bridgehead atoms. The van der Waals surface area contributed by atoms with Crippen LogP contribution < -0.4 is 5.32 Å². The van der Waals surface area contributed by atoms with Crippen molar-refractivity contribution in [3.05, 3.63) is 35.9 Å². The van der Waals surface area contributed by atoms with Gasteiger partial charge in [-0.2, -0.15) is 0 Å². The summed E-state index contributed by atoms with van der Waals surface area (Å²) in [5.41, 5.74) is 0.607. The van der Waals surface area contributed by atoms with Gasteiger partial charge < -0.3 is 5.32 Å². The number of hydrogen-bond acceptors (Lipinski definition) is 2. The van der Waals surface area contributed by atoms with E-state index in [4.69, 9.17) is 0 Å². The lowest BCUT2D eigenvalue weighted by atomic mass is 9.74. The molecule has 1 heterocycles. The molecule has 1 aliphatic rings. The van der Waals surface area contributed by atoms with Gasteiger partial charge in [0.1, 0.15) is 0 Å². The van der Waals surface area contributed by atoms with Crippen LogP contribution in [0.15, 0.2) is 30.3 Å². The van der Waals surface area contributed by atoms with E-state index in [9.17, 15) is 4.79 Å². The van der Waals surface area contributed by atoms with Crippen molar-refractivity contribution in [2.45, 2.75) is 45.6 Å². The number of Topliss-reactive ketones (excluding diaryl/α,β-unsaturated/α-hetero) is 1. The minimum atomic E-state index is -0.348. The molecule has 18 heavy (non-hydrogen) atoms. The molecule has 98 valence electrons. The van der Waals surface area contributed by atoms with Crippen molar-refractivity contribution in [1.29, 1.82) is 0 Å². The van der Waals surface area contributed by atoms with E-state index in [0.29, 0.717) is 5.78 Å². The Morgan fingerprint density at radius 3 is 2.44 bits per heavy atom. The summed E-state index contributed by atoms with van der Waals surface area (Å²) in [7, 11) is 0. The quantitative estimate of drug-likeness (QED) is 0.887. The van der Waals surface area contributed by atoms with Gasteiger partial charge in [0.05, 0.1) is 5.54 Å². The first-order valence-corrected chi connectivity index (χ1v) is 6.78. The molecule has 0 spiro atoms. The summed E-state index contributed by atoms with van der Waals surface area (Å²) < 4.78 is 0. The molecule has 1 aromatic rings. The molecule has 1 saturated heterocycles. The van der Waals surface area contributed by atoms with Crippen LogP contribution in [-0.2, 0) is 11.2 Å². The van der Waals surface area contributed by atoms with Gasteiger partial charge in [0.25, 0.3) is 0 Å². The second-order valence-corrected chi connectivity index (χ2v) is 6.35. The van der Waals surface area contributed by atoms with Crippen LogP contribution in [0.25, 0.3) is 0 Å². The molecule has 0 saturated carbocycles. The van der Waals surface area contributed by atoms with Crippen LogP contribution in [0, 0.1) is 5.41 Å². The molecule has 0 radical (unpaired) electrons. The summed E-state index contributed by atoms with van der Waals surface area (Å²) in [5, 5.41) is 3.48. The highest BCUT2D eigenvalue weighted by Gasteiger charge is 2.45. The Labute approximate surface area is 110 Å². The lowest BCUT2D eigenvalue weighted by molar-refractivity contribution is -0.132. The molecule has 1 aromatic carbocycles. The topological polar surface area (TPSA) is 29.1 Å². The summed E-state index contributed by atoms with van der Waals surface area (Å²) in [5.74, 6) is 0.344. The Bertz CT molecular complexity index is 410. The Morgan fingerprint density at radius 1 is 1.28 bits per heavy atom. The minimum Gasteiger partial charge on any atom is -0.305 e. The van der Waals surface area contributed by atoms with Crippen molar-refractivity contribution in [2.24, 2.45) is 5.41 Å². The highest BCUT2D eigenvalue weighted by molar-refractivity contribution is 5.93. The zero-order valence-corrected chi connectivity index (χ0v) is 11.6. The fraction of sp³-hybridized carbons (Fsp3) is 0.562. The van der Waals surface area contributed by atoms with Gasteiger partial charge in [-0.05, 0) is 31.4 Å². The van der Waals surface area contributed by atoms with Crippen LogP contribution in [0.1, 0.15) is 39.2 Å². The predicted molar refractivity (Wildman–Crippen MR) is 74.6 cm³/mol. The van der Waals surface area contributed by atoms with Crippen LogP contribution >= 0.6 is 0 Å². The molecule has 0 aliphatic carbocycles. The Morgan fingerprint density at radius 2 is 1.94 bits per heavy atom. The molecule has 1 unspecified atom stereocenters. The summed E-state index contributed by atoms with van der Waals surface area (Å²) in [6.45, 7) is 7.00. The van der Waals surface area contributed by atoms with Crippen LogP contribution in [0.5, 0.6) is 0 Å². The summed E-state index contributed by atoms with van der Waals surface area (Å²) in [6, 6.07) is 10.3. The average molecular weight is 245 g/mol. The fourth-order valence-electron chi connectivity index (χ4n) is 2.89. The largest absolute Gasteiger partial charge is 0.305 e. The van der Waals surface area contributed by atoms with Crippen molar-refractivity contribution < 1.29 is 4.79 Å². The first-order chi connectivity index (χ1) is 8.44. The van der Waals surface area contributed by atoms with Gasteiger partial charge in [0.15, 0.2) is 5.78 Å². The van der Waals surface area contributed by atoms with Gasteiger partial charge in [-0.3, -0.25) is 4.79 Å². The Hall–Kier alpha value is -1.15. The van der Waals surface area contributed by atoms with Gasteiger partial charge in [-0.1, -0.05) is 51.1 Å². The average Bonchev–Trinajstić information content (AvgIpc) is 2.78. The lowest BCUT2D eigenvalue weighted by Gasteiger charge is -2.34. The Kier molecular flexibility index (Phi) is 3.58. The number of carbonyl (C=O) groups excluding carboxylic acids is 1. The van der Waals surface area contributed by atoms with Crippen molar-refractivity contribution >= 4 is 5.78 Å². The van der Waals surface area contributed by atoms with E-state index < -0.39 is 0 Å². The van der Waals surface area contributed by atoms with Crippen LogP contribution in [0.3, 0.4) is 0 Å². The summed E-state index contributed by atoms with van der Waals surface area (Å²) >= 11 is 0.